The third-order valence-corrected chi connectivity index (χ3v) is 5.35. The molecule has 3 nitrogen and oxygen atoms in total. The zero-order valence-electron chi connectivity index (χ0n) is 11.6. The molecule has 2 N–H and O–H groups in total. The number of thioether (sulfide) groups is 1. The first-order valence-corrected chi connectivity index (χ1v) is 7.90. The lowest BCUT2D eigenvalue weighted by atomic mass is 9.99. The molecule has 110 valence electrons. The fourth-order valence-corrected chi connectivity index (χ4v) is 4.05. The van der Waals surface area contributed by atoms with Crippen molar-refractivity contribution in [3.05, 3.63) is 29.8 Å². The number of hydrogen-bond acceptors (Lipinski definition) is 3. The van der Waals surface area contributed by atoms with Gasteiger partial charge in [0.15, 0.2) is 0 Å². The second kappa shape index (κ2) is 6.83. The van der Waals surface area contributed by atoms with E-state index < -0.39 is 0 Å². The average Bonchev–Trinajstić information content (AvgIpc) is 2.85. The zero-order chi connectivity index (χ0) is 13.2. The van der Waals surface area contributed by atoms with Crippen LogP contribution < -0.4 is 10.6 Å². The van der Waals surface area contributed by atoms with Crippen LogP contribution >= 0.6 is 24.2 Å². The molecule has 2 aliphatic heterocycles. The summed E-state index contributed by atoms with van der Waals surface area (Å²) in [4.78, 5) is 13.6. The van der Waals surface area contributed by atoms with Crippen LogP contribution in [-0.2, 0) is 11.2 Å². The van der Waals surface area contributed by atoms with Crippen molar-refractivity contribution in [2.75, 3.05) is 6.54 Å². The molecule has 0 spiro atoms. The summed E-state index contributed by atoms with van der Waals surface area (Å²) in [5.74, 6) is 0.196. The lowest BCUT2D eigenvalue weighted by Crippen LogP contribution is -2.53. The van der Waals surface area contributed by atoms with E-state index in [-0.39, 0.29) is 29.6 Å². The van der Waals surface area contributed by atoms with E-state index in [9.17, 15) is 4.79 Å². The standard InChI is InChI=1S/C15H20N2OS.ClH/c1-10-12(6-4-8-16-10)17-15(18)14-9-11-5-2-3-7-13(11)19-14;/h2-3,5,7,10,12,14,16H,4,6,8-9H2,1H3,(H,17,18);1H. The summed E-state index contributed by atoms with van der Waals surface area (Å²) in [5.41, 5.74) is 1.31. The molecule has 1 saturated heterocycles. The van der Waals surface area contributed by atoms with Gasteiger partial charge in [0.1, 0.15) is 0 Å². The summed E-state index contributed by atoms with van der Waals surface area (Å²) >= 11 is 1.70. The number of fused-ring (bicyclic) bond motifs is 1. The normalized spacial score (nSPS) is 28.4. The Bertz CT molecular complexity index is 458. The van der Waals surface area contributed by atoms with Crippen molar-refractivity contribution in [3.63, 3.8) is 0 Å². The maximum atomic E-state index is 12.4. The fourth-order valence-electron chi connectivity index (χ4n) is 2.85. The maximum Gasteiger partial charge on any atom is 0.234 e. The van der Waals surface area contributed by atoms with Crippen LogP contribution in [0, 0.1) is 0 Å². The number of halogens is 1. The topological polar surface area (TPSA) is 41.1 Å². The van der Waals surface area contributed by atoms with Crippen LogP contribution in [-0.4, -0.2) is 29.8 Å². The molecular formula is C15H21ClN2OS. The van der Waals surface area contributed by atoms with Gasteiger partial charge in [-0.3, -0.25) is 4.79 Å². The van der Waals surface area contributed by atoms with Crippen molar-refractivity contribution in [1.29, 1.82) is 0 Å². The molecule has 3 unspecified atom stereocenters. The van der Waals surface area contributed by atoms with E-state index in [2.05, 4.69) is 29.7 Å². The Morgan fingerprint density at radius 3 is 2.95 bits per heavy atom. The van der Waals surface area contributed by atoms with Crippen molar-refractivity contribution in [3.8, 4) is 0 Å². The van der Waals surface area contributed by atoms with Gasteiger partial charge >= 0.3 is 0 Å². The highest BCUT2D eigenvalue weighted by molar-refractivity contribution is 8.01. The molecule has 3 rings (SSSR count). The molecule has 3 atom stereocenters. The summed E-state index contributed by atoms with van der Waals surface area (Å²) in [6, 6.07) is 8.99. The van der Waals surface area contributed by atoms with Gasteiger partial charge in [0.25, 0.3) is 0 Å². The molecule has 0 saturated carbocycles. The lowest BCUT2D eigenvalue weighted by molar-refractivity contribution is -0.121. The fraction of sp³-hybridized carbons (Fsp3) is 0.533. The summed E-state index contributed by atoms with van der Waals surface area (Å²) in [6.07, 6.45) is 3.10. The summed E-state index contributed by atoms with van der Waals surface area (Å²) in [5, 5.41) is 6.69. The molecule has 0 aromatic heterocycles. The highest BCUT2D eigenvalue weighted by atomic mass is 35.5. The van der Waals surface area contributed by atoms with Gasteiger partial charge in [-0.15, -0.1) is 24.2 Å². The highest BCUT2D eigenvalue weighted by Gasteiger charge is 2.31. The molecule has 0 aliphatic carbocycles. The Kier molecular flexibility index (Phi) is 5.35. The minimum atomic E-state index is 0. The number of rotatable bonds is 2. The molecule has 1 aromatic carbocycles. The number of piperidine rings is 1. The minimum Gasteiger partial charge on any atom is -0.351 e. The van der Waals surface area contributed by atoms with Crippen LogP contribution in [0.15, 0.2) is 29.2 Å². The average molecular weight is 313 g/mol. The van der Waals surface area contributed by atoms with Crippen molar-refractivity contribution in [1.82, 2.24) is 10.6 Å². The van der Waals surface area contributed by atoms with E-state index in [0.717, 1.165) is 25.8 Å². The number of carbonyl (C=O) groups is 1. The first-order chi connectivity index (χ1) is 9.24. The third-order valence-electron chi connectivity index (χ3n) is 4.03. The van der Waals surface area contributed by atoms with Gasteiger partial charge in [0, 0.05) is 17.0 Å². The molecule has 0 bridgehead atoms. The lowest BCUT2D eigenvalue weighted by Gasteiger charge is -2.31. The maximum absolute atomic E-state index is 12.4. The molecule has 2 aliphatic rings. The van der Waals surface area contributed by atoms with Gasteiger partial charge in [-0.1, -0.05) is 18.2 Å². The van der Waals surface area contributed by atoms with Gasteiger partial charge < -0.3 is 10.6 Å². The first kappa shape index (κ1) is 15.7. The number of carbonyl (C=O) groups excluding carboxylic acids is 1. The van der Waals surface area contributed by atoms with E-state index in [1.54, 1.807) is 11.8 Å². The van der Waals surface area contributed by atoms with Gasteiger partial charge in [0.2, 0.25) is 5.91 Å². The molecule has 1 fully saturated rings. The van der Waals surface area contributed by atoms with E-state index in [1.807, 2.05) is 12.1 Å². The number of amides is 1. The summed E-state index contributed by atoms with van der Waals surface area (Å²) in [7, 11) is 0. The smallest absolute Gasteiger partial charge is 0.234 e. The Morgan fingerprint density at radius 2 is 2.20 bits per heavy atom. The molecule has 20 heavy (non-hydrogen) atoms. The Labute approximate surface area is 130 Å². The second-order valence-electron chi connectivity index (χ2n) is 5.42. The van der Waals surface area contributed by atoms with E-state index in [1.165, 1.54) is 10.5 Å². The summed E-state index contributed by atoms with van der Waals surface area (Å²) in [6.45, 7) is 3.22. The minimum absolute atomic E-state index is 0. The van der Waals surface area contributed by atoms with Crippen molar-refractivity contribution >= 4 is 30.1 Å². The molecule has 0 radical (unpaired) electrons. The Balaban J connectivity index is 0.00000147. The largest absolute Gasteiger partial charge is 0.351 e. The van der Waals surface area contributed by atoms with E-state index >= 15 is 0 Å². The molecule has 2 heterocycles. The SMILES string of the molecule is CC1NCCCC1NC(=O)C1Cc2ccccc2S1.Cl. The van der Waals surface area contributed by atoms with Gasteiger partial charge in [0.05, 0.1) is 5.25 Å². The van der Waals surface area contributed by atoms with Gasteiger partial charge in [-0.25, -0.2) is 0 Å². The highest BCUT2D eigenvalue weighted by Crippen LogP contribution is 2.36. The third kappa shape index (κ3) is 3.30. The van der Waals surface area contributed by atoms with Crippen LogP contribution in [0.5, 0.6) is 0 Å². The van der Waals surface area contributed by atoms with Gasteiger partial charge in [-0.2, -0.15) is 0 Å². The van der Waals surface area contributed by atoms with Crippen LogP contribution in [0.4, 0.5) is 0 Å². The van der Waals surface area contributed by atoms with Crippen molar-refractivity contribution in [2.24, 2.45) is 0 Å². The van der Waals surface area contributed by atoms with Crippen molar-refractivity contribution < 1.29 is 4.79 Å². The zero-order valence-corrected chi connectivity index (χ0v) is 13.2. The quantitative estimate of drug-likeness (QED) is 0.881. The van der Waals surface area contributed by atoms with Gasteiger partial charge in [-0.05, 0) is 44.4 Å². The monoisotopic (exact) mass is 312 g/mol. The Morgan fingerprint density at radius 1 is 1.40 bits per heavy atom. The summed E-state index contributed by atoms with van der Waals surface area (Å²) < 4.78 is 0. The number of benzene rings is 1. The molecule has 1 amide bonds. The predicted molar refractivity (Wildman–Crippen MR) is 85.7 cm³/mol. The van der Waals surface area contributed by atoms with Crippen LogP contribution in [0.2, 0.25) is 0 Å². The first-order valence-electron chi connectivity index (χ1n) is 7.02. The van der Waals surface area contributed by atoms with Crippen LogP contribution in [0.1, 0.15) is 25.3 Å². The molecule has 5 heteroatoms. The van der Waals surface area contributed by atoms with Crippen LogP contribution in [0.3, 0.4) is 0 Å². The van der Waals surface area contributed by atoms with E-state index in [0.29, 0.717) is 6.04 Å². The molecular weight excluding hydrogens is 292 g/mol. The van der Waals surface area contributed by atoms with Crippen LogP contribution in [0.25, 0.3) is 0 Å². The second-order valence-corrected chi connectivity index (χ2v) is 6.66. The van der Waals surface area contributed by atoms with Crippen molar-refractivity contribution in [2.45, 2.75) is 48.4 Å². The van der Waals surface area contributed by atoms with E-state index in [4.69, 9.17) is 0 Å². The Hall–Kier alpha value is -0.710. The number of hydrogen-bond donors (Lipinski definition) is 2. The molecule has 1 aromatic rings. The predicted octanol–water partition coefficient (Wildman–Crippen LogP) is 2.38. The number of nitrogens with one attached hydrogen (secondary N) is 2.